The average molecular weight is 420 g/mol. The fourth-order valence-corrected chi connectivity index (χ4v) is 2.65. The van der Waals surface area contributed by atoms with Crippen molar-refractivity contribution in [1.82, 2.24) is 9.88 Å². The Balaban J connectivity index is 1.70. The summed E-state index contributed by atoms with van der Waals surface area (Å²) in [7, 11) is 1.61. The minimum absolute atomic E-state index is 0.0143. The second-order valence-corrected chi connectivity index (χ2v) is 6.75. The first kappa shape index (κ1) is 19.9. The number of para-hydroxylation sites is 1. The Morgan fingerprint density at radius 1 is 1.27 bits per heavy atom. The van der Waals surface area contributed by atoms with Crippen LogP contribution in [0.15, 0.2) is 47.1 Å². The molecular formula is C19H22BrN3O3. The zero-order chi connectivity index (χ0) is 18.9. The Morgan fingerprint density at radius 3 is 2.77 bits per heavy atom. The van der Waals surface area contributed by atoms with Crippen molar-refractivity contribution in [3.8, 4) is 5.75 Å². The Morgan fingerprint density at radius 2 is 2.04 bits per heavy atom. The molecule has 0 aliphatic rings. The number of rotatable bonds is 8. The summed E-state index contributed by atoms with van der Waals surface area (Å²) in [6.45, 7) is 2.34. The number of aryl methyl sites for hydroxylation is 1. The standard InChI is InChI=1S/C19H22BrN3O3/c1-14-9-10-21-17(12-14)22-18(24)13-23(2)19(25)8-5-11-26-16-7-4-3-6-15(16)20/h3-4,6-7,9-10,12H,5,8,11,13H2,1-2H3,(H,21,22,24). The highest BCUT2D eigenvalue weighted by Crippen LogP contribution is 2.23. The van der Waals surface area contributed by atoms with E-state index in [0.717, 1.165) is 15.8 Å². The molecule has 1 heterocycles. The number of amides is 2. The van der Waals surface area contributed by atoms with Crippen LogP contribution in [0, 0.1) is 6.92 Å². The summed E-state index contributed by atoms with van der Waals surface area (Å²) in [6, 6.07) is 11.2. The number of hydrogen-bond acceptors (Lipinski definition) is 4. The van der Waals surface area contributed by atoms with Gasteiger partial charge in [-0.1, -0.05) is 12.1 Å². The van der Waals surface area contributed by atoms with Crippen molar-refractivity contribution in [2.75, 3.05) is 25.5 Å². The molecule has 0 atom stereocenters. The van der Waals surface area contributed by atoms with Crippen molar-refractivity contribution in [3.63, 3.8) is 0 Å². The number of hydrogen-bond donors (Lipinski definition) is 1. The normalized spacial score (nSPS) is 10.3. The predicted octanol–water partition coefficient (Wildman–Crippen LogP) is 3.41. The fourth-order valence-electron chi connectivity index (χ4n) is 2.25. The lowest BCUT2D eigenvalue weighted by atomic mass is 10.3. The van der Waals surface area contributed by atoms with E-state index in [9.17, 15) is 9.59 Å². The van der Waals surface area contributed by atoms with Gasteiger partial charge in [0.05, 0.1) is 17.6 Å². The first-order valence-electron chi connectivity index (χ1n) is 8.29. The molecular weight excluding hydrogens is 398 g/mol. The first-order valence-corrected chi connectivity index (χ1v) is 9.09. The maximum Gasteiger partial charge on any atom is 0.245 e. The van der Waals surface area contributed by atoms with E-state index in [1.165, 1.54) is 4.90 Å². The smallest absolute Gasteiger partial charge is 0.245 e. The quantitative estimate of drug-likeness (QED) is 0.665. The summed E-state index contributed by atoms with van der Waals surface area (Å²) in [5.41, 5.74) is 1.00. The maximum atomic E-state index is 12.1. The summed E-state index contributed by atoms with van der Waals surface area (Å²) in [4.78, 5) is 29.6. The molecule has 2 rings (SSSR count). The molecule has 0 fully saturated rings. The molecule has 1 N–H and O–H groups in total. The number of aromatic nitrogens is 1. The second kappa shape index (κ2) is 9.91. The van der Waals surface area contributed by atoms with Gasteiger partial charge in [-0.2, -0.15) is 0 Å². The highest BCUT2D eigenvalue weighted by Gasteiger charge is 2.13. The summed E-state index contributed by atoms with van der Waals surface area (Å²) in [5.74, 6) is 0.854. The highest BCUT2D eigenvalue weighted by molar-refractivity contribution is 9.10. The molecule has 7 heteroatoms. The predicted molar refractivity (Wildman–Crippen MR) is 104 cm³/mol. The number of carbonyl (C=O) groups is 2. The van der Waals surface area contributed by atoms with Gasteiger partial charge >= 0.3 is 0 Å². The van der Waals surface area contributed by atoms with E-state index in [-0.39, 0.29) is 18.4 Å². The van der Waals surface area contributed by atoms with E-state index < -0.39 is 0 Å². The first-order chi connectivity index (χ1) is 12.5. The monoisotopic (exact) mass is 419 g/mol. The molecule has 6 nitrogen and oxygen atoms in total. The molecule has 26 heavy (non-hydrogen) atoms. The number of ether oxygens (including phenoxy) is 1. The molecule has 0 radical (unpaired) electrons. The average Bonchev–Trinajstić information content (AvgIpc) is 2.59. The number of nitrogens with one attached hydrogen (secondary N) is 1. The van der Waals surface area contributed by atoms with Gasteiger partial charge in [0, 0.05) is 19.7 Å². The molecule has 0 saturated heterocycles. The van der Waals surface area contributed by atoms with Crippen molar-refractivity contribution in [1.29, 1.82) is 0 Å². The molecule has 0 aliphatic heterocycles. The number of anilines is 1. The Hall–Kier alpha value is -2.41. The van der Waals surface area contributed by atoms with Gasteiger partial charge in [0.25, 0.3) is 0 Å². The SMILES string of the molecule is Cc1ccnc(NC(=O)CN(C)C(=O)CCCOc2ccccc2Br)c1. The maximum absolute atomic E-state index is 12.1. The van der Waals surface area contributed by atoms with Gasteiger partial charge in [-0.25, -0.2) is 4.98 Å². The molecule has 2 amide bonds. The van der Waals surface area contributed by atoms with Gasteiger partial charge in [-0.15, -0.1) is 0 Å². The molecule has 0 unspecified atom stereocenters. The topological polar surface area (TPSA) is 71.5 Å². The van der Waals surface area contributed by atoms with E-state index in [1.54, 1.807) is 19.3 Å². The summed E-state index contributed by atoms with van der Waals surface area (Å²) in [6.07, 6.45) is 2.52. The van der Waals surface area contributed by atoms with E-state index >= 15 is 0 Å². The third-order valence-electron chi connectivity index (χ3n) is 3.62. The van der Waals surface area contributed by atoms with Crippen molar-refractivity contribution >= 4 is 33.6 Å². The van der Waals surface area contributed by atoms with Gasteiger partial charge in [0.1, 0.15) is 11.6 Å². The van der Waals surface area contributed by atoms with Crippen LogP contribution in [0.5, 0.6) is 5.75 Å². The number of halogens is 1. The van der Waals surface area contributed by atoms with Crippen LogP contribution in [0.1, 0.15) is 18.4 Å². The van der Waals surface area contributed by atoms with Crippen molar-refractivity contribution < 1.29 is 14.3 Å². The largest absolute Gasteiger partial charge is 0.492 e. The number of nitrogens with zero attached hydrogens (tertiary/aromatic N) is 2. The van der Waals surface area contributed by atoms with Crippen LogP contribution in [-0.2, 0) is 9.59 Å². The molecule has 138 valence electrons. The van der Waals surface area contributed by atoms with Gasteiger partial charge < -0.3 is 15.0 Å². The van der Waals surface area contributed by atoms with Crippen LogP contribution in [0.3, 0.4) is 0 Å². The van der Waals surface area contributed by atoms with Crippen LogP contribution in [0.25, 0.3) is 0 Å². The molecule has 1 aromatic carbocycles. The summed E-state index contributed by atoms with van der Waals surface area (Å²) in [5, 5.41) is 2.69. The van der Waals surface area contributed by atoms with Crippen LogP contribution in [0.4, 0.5) is 5.82 Å². The lowest BCUT2D eigenvalue weighted by Gasteiger charge is -2.17. The van der Waals surface area contributed by atoms with E-state index in [1.807, 2.05) is 37.3 Å². The summed E-state index contributed by atoms with van der Waals surface area (Å²) < 4.78 is 6.51. The minimum atomic E-state index is -0.275. The zero-order valence-corrected chi connectivity index (χ0v) is 16.5. The molecule has 0 bridgehead atoms. The zero-order valence-electron chi connectivity index (χ0n) is 14.9. The van der Waals surface area contributed by atoms with Crippen molar-refractivity contribution in [2.45, 2.75) is 19.8 Å². The minimum Gasteiger partial charge on any atom is -0.492 e. The Kier molecular flexibility index (Phi) is 7.59. The second-order valence-electron chi connectivity index (χ2n) is 5.90. The van der Waals surface area contributed by atoms with Crippen molar-refractivity contribution in [2.24, 2.45) is 0 Å². The van der Waals surface area contributed by atoms with E-state index in [0.29, 0.717) is 25.3 Å². The van der Waals surface area contributed by atoms with E-state index in [4.69, 9.17) is 4.74 Å². The molecule has 2 aromatic rings. The Bertz CT molecular complexity index is 767. The lowest BCUT2D eigenvalue weighted by Crippen LogP contribution is -2.35. The third kappa shape index (κ3) is 6.48. The highest BCUT2D eigenvalue weighted by atomic mass is 79.9. The van der Waals surface area contributed by atoms with E-state index in [2.05, 4.69) is 26.2 Å². The van der Waals surface area contributed by atoms with Crippen LogP contribution in [-0.4, -0.2) is 41.9 Å². The van der Waals surface area contributed by atoms with Gasteiger partial charge in [-0.3, -0.25) is 9.59 Å². The lowest BCUT2D eigenvalue weighted by molar-refractivity contribution is -0.133. The molecule has 0 spiro atoms. The molecule has 0 saturated carbocycles. The van der Waals surface area contributed by atoms with Gasteiger partial charge in [-0.05, 0) is 59.1 Å². The number of pyridine rings is 1. The van der Waals surface area contributed by atoms with Crippen LogP contribution in [0.2, 0.25) is 0 Å². The molecule has 1 aromatic heterocycles. The van der Waals surface area contributed by atoms with Gasteiger partial charge in [0.15, 0.2) is 0 Å². The molecule has 0 aliphatic carbocycles. The van der Waals surface area contributed by atoms with Crippen LogP contribution < -0.4 is 10.1 Å². The number of likely N-dealkylation sites (N-methyl/N-ethyl adjacent to an activating group) is 1. The number of benzene rings is 1. The fraction of sp³-hybridized carbons (Fsp3) is 0.316. The number of carbonyl (C=O) groups excluding carboxylic acids is 2. The summed E-state index contributed by atoms with van der Waals surface area (Å²) >= 11 is 3.41. The van der Waals surface area contributed by atoms with Crippen LogP contribution >= 0.6 is 15.9 Å². The Labute approximate surface area is 161 Å². The van der Waals surface area contributed by atoms with Gasteiger partial charge in [0.2, 0.25) is 11.8 Å². The third-order valence-corrected chi connectivity index (χ3v) is 4.27. The van der Waals surface area contributed by atoms with Crippen molar-refractivity contribution in [3.05, 3.63) is 52.6 Å².